The van der Waals surface area contributed by atoms with Gasteiger partial charge in [0.05, 0.1) is 0 Å². The van der Waals surface area contributed by atoms with Crippen LogP contribution in [0, 0.1) is 0 Å². The summed E-state index contributed by atoms with van der Waals surface area (Å²) in [6.07, 6.45) is 0. The van der Waals surface area contributed by atoms with E-state index in [4.69, 9.17) is 13.3 Å². The number of carbonyl (C=O) groups excluding carboxylic acids is 2. The number of hydrogen-bond donors (Lipinski definition) is 0. The lowest BCUT2D eigenvalue weighted by Crippen LogP contribution is -2.54. The van der Waals surface area contributed by atoms with Crippen molar-refractivity contribution in [3.05, 3.63) is 12.2 Å². The second-order valence-electron chi connectivity index (χ2n) is 2.61. The van der Waals surface area contributed by atoms with E-state index in [0.717, 1.165) is 0 Å². The largest absolute Gasteiger partial charge is 0.582 e. The molecule has 0 heterocycles. The predicted molar refractivity (Wildman–Crippen MR) is 51.6 cm³/mol. The fourth-order valence-electron chi connectivity index (χ4n) is 0.861. The highest BCUT2D eigenvalue weighted by Crippen LogP contribution is 2.10. The van der Waals surface area contributed by atoms with E-state index in [2.05, 4.69) is 6.58 Å². The third-order valence-corrected chi connectivity index (χ3v) is 4.07. The Balaban J connectivity index is 4.95. The number of carbonyl (C=O) groups is 2. The molecule has 0 saturated carbocycles. The van der Waals surface area contributed by atoms with Gasteiger partial charge in [-0.15, -0.1) is 0 Å². The van der Waals surface area contributed by atoms with Gasteiger partial charge in [-0.05, 0) is 12.5 Å². The van der Waals surface area contributed by atoms with E-state index in [9.17, 15) is 9.59 Å². The standard InChI is InChI=1S/C8H14O5Si/c1-6(2)7(9)8(10)14(11-3,12-4)13-5/h1H2,2-5H3. The first-order valence-electron chi connectivity index (χ1n) is 3.85. The topological polar surface area (TPSA) is 61.8 Å². The van der Waals surface area contributed by atoms with E-state index in [1.165, 1.54) is 28.3 Å². The second kappa shape index (κ2) is 5.16. The molecule has 0 spiro atoms. The van der Waals surface area contributed by atoms with Crippen LogP contribution in [0.4, 0.5) is 0 Å². The summed E-state index contributed by atoms with van der Waals surface area (Å²) in [6.45, 7) is 4.82. The SMILES string of the molecule is C=C(C)C(=O)C(=O)[Si](OC)(OC)OC. The average molecular weight is 218 g/mol. The summed E-state index contributed by atoms with van der Waals surface area (Å²) in [5, 5.41) is -0.794. The molecule has 0 atom stereocenters. The Labute approximate surface area is 84.0 Å². The Morgan fingerprint density at radius 3 is 1.64 bits per heavy atom. The van der Waals surface area contributed by atoms with Gasteiger partial charge in [0.2, 0.25) is 5.78 Å². The van der Waals surface area contributed by atoms with Crippen LogP contribution < -0.4 is 0 Å². The fraction of sp³-hybridized carbons (Fsp3) is 0.500. The molecule has 0 aromatic rings. The molecule has 0 rings (SSSR count). The number of rotatable bonds is 6. The summed E-state index contributed by atoms with van der Waals surface area (Å²) < 4.78 is 14.6. The number of ketones is 1. The van der Waals surface area contributed by atoms with Gasteiger partial charge in [-0.3, -0.25) is 9.59 Å². The summed E-state index contributed by atoms with van der Waals surface area (Å²) in [4.78, 5) is 22.9. The van der Waals surface area contributed by atoms with E-state index in [1.807, 2.05) is 0 Å². The van der Waals surface area contributed by atoms with Crippen molar-refractivity contribution in [2.45, 2.75) is 6.92 Å². The number of Topliss-reactive ketones (excluding diaryl/α,β-unsaturated/α-hetero) is 1. The Bertz CT molecular complexity index is 248. The van der Waals surface area contributed by atoms with Crippen LogP contribution in [0.25, 0.3) is 0 Å². The Kier molecular flexibility index (Phi) is 4.85. The summed E-state index contributed by atoms with van der Waals surface area (Å²) in [5.74, 6) is -0.720. The lowest BCUT2D eigenvalue weighted by atomic mass is 10.2. The highest BCUT2D eigenvalue weighted by atomic mass is 28.4. The van der Waals surface area contributed by atoms with Crippen LogP contribution in [-0.2, 0) is 22.9 Å². The van der Waals surface area contributed by atoms with Crippen LogP contribution in [0.1, 0.15) is 6.92 Å². The molecule has 0 bridgehead atoms. The maximum absolute atomic E-state index is 11.6. The molecule has 5 nitrogen and oxygen atoms in total. The number of hydrogen-bond acceptors (Lipinski definition) is 5. The molecular formula is C8H14O5Si. The minimum absolute atomic E-state index is 0.137. The molecule has 0 aliphatic heterocycles. The van der Waals surface area contributed by atoms with Gasteiger partial charge >= 0.3 is 8.80 Å². The van der Waals surface area contributed by atoms with Crippen LogP contribution >= 0.6 is 0 Å². The first-order chi connectivity index (χ1) is 6.45. The second-order valence-corrected chi connectivity index (χ2v) is 5.40. The quantitative estimate of drug-likeness (QED) is 0.360. The first-order valence-corrected chi connectivity index (χ1v) is 5.57. The summed E-state index contributed by atoms with van der Waals surface area (Å²) in [7, 11) is 0.304. The zero-order valence-corrected chi connectivity index (χ0v) is 9.75. The molecule has 6 heteroatoms. The van der Waals surface area contributed by atoms with Crippen molar-refractivity contribution in [2.24, 2.45) is 0 Å². The molecule has 0 radical (unpaired) electrons. The smallest absolute Gasteiger partial charge is 0.371 e. The van der Waals surface area contributed by atoms with E-state index in [0.29, 0.717) is 0 Å². The lowest BCUT2D eigenvalue weighted by Gasteiger charge is -2.21. The third-order valence-electron chi connectivity index (χ3n) is 1.68. The van der Waals surface area contributed by atoms with Crippen LogP contribution in [-0.4, -0.2) is 41.3 Å². The molecule has 0 aliphatic carbocycles. The van der Waals surface area contributed by atoms with E-state index >= 15 is 0 Å². The van der Waals surface area contributed by atoms with Crippen molar-refractivity contribution in [3.63, 3.8) is 0 Å². The lowest BCUT2D eigenvalue weighted by molar-refractivity contribution is -0.133. The highest BCUT2D eigenvalue weighted by Gasteiger charge is 2.51. The Hall–Kier alpha value is -0.823. The Morgan fingerprint density at radius 2 is 1.43 bits per heavy atom. The molecule has 0 aromatic carbocycles. The zero-order valence-electron chi connectivity index (χ0n) is 8.75. The van der Waals surface area contributed by atoms with Gasteiger partial charge < -0.3 is 13.3 Å². The van der Waals surface area contributed by atoms with Crippen molar-refractivity contribution in [1.29, 1.82) is 0 Å². The van der Waals surface area contributed by atoms with E-state index < -0.39 is 20.0 Å². The molecule has 0 aliphatic rings. The maximum atomic E-state index is 11.6. The van der Waals surface area contributed by atoms with Gasteiger partial charge in [0.15, 0.2) is 0 Å². The summed E-state index contributed by atoms with van der Waals surface area (Å²) >= 11 is 0. The van der Waals surface area contributed by atoms with Crippen molar-refractivity contribution >= 4 is 20.0 Å². The first kappa shape index (κ1) is 13.2. The van der Waals surface area contributed by atoms with E-state index in [1.54, 1.807) is 0 Å². The summed E-state index contributed by atoms with van der Waals surface area (Å²) in [6, 6.07) is 0. The van der Waals surface area contributed by atoms with Gasteiger partial charge in [0.1, 0.15) is 0 Å². The minimum atomic E-state index is -3.50. The van der Waals surface area contributed by atoms with Crippen molar-refractivity contribution in [2.75, 3.05) is 21.3 Å². The van der Waals surface area contributed by atoms with Crippen LogP contribution in [0.3, 0.4) is 0 Å². The Morgan fingerprint density at radius 1 is 1.07 bits per heavy atom. The highest BCUT2D eigenvalue weighted by molar-refractivity contribution is 7.03. The molecule has 0 unspecified atom stereocenters. The molecule has 0 N–H and O–H groups in total. The predicted octanol–water partition coefficient (Wildman–Crippen LogP) is 0.118. The van der Waals surface area contributed by atoms with Crippen LogP contribution in [0.2, 0.25) is 0 Å². The van der Waals surface area contributed by atoms with Gasteiger partial charge in [-0.2, -0.15) is 0 Å². The summed E-state index contributed by atoms with van der Waals surface area (Å²) in [5.41, 5.74) is 0.137. The van der Waals surface area contributed by atoms with Gasteiger partial charge in [0, 0.05) is 21.3 Å². The third kappa shape index (κ3) is 2.35. The van der Waals surface area contributed by atoms with Gasteiger partial charge in [-0.25, -0.2) is 0 Å². The van der Waals surface area contributed by atoms with Crippen molar-refractivity contribution in [1.82, 2.24) is 0 Å². The molecule has 0 fully saturated rings. The van der Waals surface area contributed by atoms with E-state index in [-0.39, 0.29) is 5.57 Å². The van der Waals surface area contributed by atoms with Crippen molar-refractivity contribution in [3.8, 4) is 0 Å². The van der Waals surface area contributed by atoms with Crippen LogP contribution in [0.5, 0.6) is 0 Å². The normalized spacial score (nSPS) is 11.1. The molecule has 0 aromatic heterocycles. The molecular weight excluding hydrogens is 204 g/mol. The fourth-order valence-corrected chi connectivity index (χ4v) is 2.41. The molecule has 0 amide bonds. The average Bonchev–Trinajstić information content (AvgIpc) is 2.19. The minimum Gasteiger partial charge on any atom is -0.371 e. The maximum Gasteiger partial charge on any atom is 0.582 e. The van der Waals surface area contributed by atoms with Gasteiger partial charge in [-0.1, -0.05) is 6.58 Å². The molecule has 0 saturated heterocycles. The molecule has 14 heavy (non-hydrogen) atoms. The van der Waals surface area contributed by atoms with Gasteiger partial charge in [0.25, 0.3) is 5.41 Å². The number of allylic oxidation sites excluding steroid dienone is 1. The van der Waals surface area contributed by atoms with Crippen molar-refractivity contribution < 1.29 is 22.9 Å². The monoisotopic (exact) mass is 218 g/mol. The molecule has 80 valence electrons. The zero-order chi connectivity index (χ0) is 11.4. The van der Waals surface area contributed by atoms with Crippen LogP contribution in [0.15, 0.2) is 12.2 Å².